The van der Waals surface area contributed by atoms with Gasteiger partial charge in [0.05, 0.1) is 6.54 Å². The lowest BCUT2D eigenvalue weighted by molar-refractivity contribution is -0.136. The van der Waals surface area contributed by atoms with Crippen LogP contribution < -0.4 is 5.32 Å². The molecule has 0 radical (unpaired) electrons. The van der Waals surface area contributed by atoms with Gasteiger partial charge in [-0.2, -0.15) is 8.78 Å². The molecule has 0 aliphatic carbocycles. The van der Waals surface area contributed by atoms with Crippen molar-refractivity contribution in [2.45, 2.75) is 24.5 Å². The van der Waals surface area contributed by atoms with E-state index >= 15 is 0 Å². The van der Waals surface area contributed by atoms with Gasteiger partial charge >= 0.3 is 0 Å². The Morgan fingerprint density at radius 3 is 2.24 bits per heavy atom. The van der Waals surface area contributed by atoms with Gasteiger partial charge in [0.25, 0.3) is 5.76 Å². The summed E-state index contributed by atoms with van der Waals surface area (Å²) < 4.78 is 24.6. The van der Waals surface area contributed by atoms with Gasteiger partial charge in [0, 0.05) is 42.7 Å². The SMILES string of the molecule is CC(C)C(=O)N1CCN(CC(=O)Nc2ccc(SC(F)F)cc2)CC1. The van der Waals surface area contributed by atoms with Gasteiger partial charge in [0.15, 0.2) is 0 Å². The summed E-state index contributed by atoms with van der Waals surface area (Å²) in [6.45, 7) is 6.59. The molecule has 1 aliphatic heterocycles. The number of nitrogens with zero attached hydrogens (tertiary/aromatic N) is 2. The van der Waals surface area contributed by atoms with E-state index < -0.39 is 5.76 Å². The fourth-order valence-corrected chi connectivity index (χ4v) is 3.11. The average molecular weight is 371 g/mol. The number of hydrogen-bond acceptors (Lipinski definition) is 4. The highest BCUT2D eigenvalue weighted by Gasteiger charge is 2.23. The Morgan fingerprint density at radius 1 is 1.12 bits per heavy atom. The third-order valence-corrected chi connectivity index (χ3v) is 4.63. The Kier molecular flexibility index (Phi) is 7.19. The third kappa shape index (κ3) is 6.28. The number of thioether (sulfide) groups is 1. The number of carbonyl (C=O) groups excluding carboxylic acids is 2. The highest BCUT2D eigenvalue weighted by atomic mass is 32.2. The zero-order valence-corrected chi connectivity index (χ0v) is 15.2. The Morgan fingerprint density at radius 2 is 1.72 bits per heavy atom. The first kappa shape index (κ1) is 19.7. The van der Waals surface area contributed by atoms with Crippen molar-refractivity contribution >= 4 is 29.3 Å². The van der Waals surface area contributed by atoms with Crippen molar-refractivity contribution < 1.29 is 18.4 Å². The van der Waals surface area contributed by atoms with E-state index in [0.29, 0.717) is 48.5 Å². The molecule has 1 fully saturated rings. The van der Waals surface area contributed by atoms with Gasteiger partial charge in [-0.3, -0.25) is 14.5 Å². The second-order valence-corrected chi connectivity index (χ2v) is 7.27. The van der Waals surface area contributed by atoms with Crippen LogP contribution in [0.15, 0.2) is 29.2 Å². The molecule has 1 N–H and O–H groups in total. The molecule has 5 nitrogen and oxygen atoms in total. The second-order valence-electron chi connectivity index (χ2n) is 6.21. The van der Waals surface area contributed by atoms with Gasteiger partial charge < -0.3 is 10.2 Å². The van der Waals surface area contributed by atoms with Crippen LogP contribution in [0, 0.1) is 5.92 Å². The number of piperazine rings is 1. The van der Waals surface area contributed by atoms with Crippen LogP contribution in [-0.4, -0.2) is 60.1 Å². The zero-order chi connectivity index (χ0) is 18.4. The summed E-state index contributed by atoms with van der Waals surface area (Å²) in [6, 6.07) is 6.34. The molecule has 0 bridgehead atoms. The van der Waals surface area contributed by atoms with Crippen LogP contribution in [0.4, 0.5) is 14.5 Å². The summed E-state index contributed by atoms with van der Waals surface area (Å²) in [6.07, 6.45) is 0. The Hall–Kier alpha value is -1.67. The molecule has 2 amide bonds. The summed E-state index contributed by atoms with van der Waals surface area (Å²) in [5, 5.41) is 2.76. The highest BCUT2D eigenvalue weighted by Crippen LogP contribution is 2.26. The van der Waals surface area contributed by atoms with E-state index in [1.165, 1.54) is 0 Å². The first-order valence-corrected chi connectivity index (χ1v) is 9.09. The fraction of sp³-hybridized carbons (Fsp3) is 0.529. The summed E-state index contributed by atoms with van der Waals surface area (Å²) in [4.78, 5) is 28.3. The zero-order valence-electron chi connectivity index (χ0n) is 14.4. The second kappa shape index (κ2) is 9.15. The van der Waals surface area contributed by atoms with Crippen LogP contribution in [0.5, 0.6) is 0 Å². The normalized spacial score (nSPS) is 15.7. The summed E-state index contributed by atoms with van der Waals surface area (Å²) in [5.74, 6) is -2.48. The maximum Gasteiger partial charge on any atom is 0.288 e. The lowest BCUT2D eigenvalue weighted by Crippen LogP contribution is -2.51. The van der Waals surface area contributed by atoms with Gasteiger partial charge in [0.1, 0.15) is 0 Å². The summed E-state index contributed by atoms with van der Waals surface area (Å²) in [5.41, 5.74) is 0.581. The molecular weight excluding hydrogens is 348 g/mol. The Balaban J connectivity index is 1.76. The fourth-order valence-electron chi connectivity index (χ4n) is 2.61. The van der Waals surface area contributed by atoms with Gasteiger partial charge in [-0.25, -0.2) is 0 Å². The van der Waals surface area contributed by atoms with Gasteiger partial charge in [-0.05, 0) is 24.3 Å². The van der Waals surface area contributed by atoms with E-state index in [1.54, 1.807) is 24.3 Å². The average Bonchev–Trinajstić information content (AvgIpc) is 2.56. The number of benzene rings is 1. The largest absolute Gasteiger partial charge is 0.340 e. The van der Waals surface area contributed by atoms with Crippen LogP contribution in [0.2, 0.25) is 0 Å². The molecule has 0 atom stereocenters. The maximum absolute atomic E-state index is 12.3. The summed E-state index contributed by atoms with van der Waals surface area (Å²) >= 11 is 0.472. The van der Waals surface area contributed by atoms with Crippen molar-refractivity contribution in [3.05, 3.63) is 24.3 Å². The van der Waals surface area contributed by atoms with Crippen LogP contribution in [-0.2, 0) is 9.59 Å². The smallest absolute Gasteiger partial charge is 0.288 e. The Bertz CT molecular complexity index is 588. The minimum atomic E-state index is -2.46. The lowest BCUT2D eigenvalue weighted by atomic mass is 10.1. The standard InChI is InChI=1S/C17H23F2N3O2S/c1-12(2)16(24)22-9-7-21(8-10-22)11-15(23)20-13-3-5-14(6-4-13)25-17(18)19/h3-6,12,17H,7-11H2,1-2H3,(H,20,23). The van der Waals surface area contributed by atoms with Crippen LogP contribution in [0.3, 0.4) is 0 Å². The van der Waals surface area contributed by atoms with E-state index in [2.05, 4.69) is 5.32 Å². The van der Waals surface area contributed by atoms with Crippen molar-refractivity contribution in [1.29, 1.82) is 0 Å². The number of nitrogens with one attached hydrogen (secondary N) is 1. The highest BCUT2D eigenvalue weighted by molar-refractivity contribution is 7.99. The number of amides is 2. The van der Waals surface area contributed by atoms with Crippen molar-refractivity contribution in [1.82, 2.24) is 9.80 Å². The molecule has 8 heteroatoms. The van der Waals surface area contributed by atoms with Crippen molar-refractivity contribution in [3.63, 3.8) is 0 Å². The van der Waals surface area contributed by atoms with Crippen LogP contribution in [0.1, 0.15) is 13.8 Å². The quantitative estimate of drug-likeness (QED) is 0.782. The molecule has 25 heavy (non-hydrogen) atoms. The minimum absolute atomic E-state index is 0.0129. The molecule has 138 valence electrons. The number of anilines is 1. The van der Waals surface area contributed by atoms with E-state index in [0.717, 1.165) is 0 Å². The maximum atomic E-state index is 12.3. The molecule has 1 aliphatic rings. The minimum Gasteiger partial charge on any atom is -0.340 e. The summed E-state index contributed by atoms with van der Waals surface area (Å²) in [7, 11) is 0. The first-order chi connectivity index (χ1) is 11.8. The molecule has 1 heterocycles. The molecule has 1 aromatic carbocycles. The Labute approximate surface area is 150 Å². The molecule has 0 spiro atoms. The van der Waals surface area contributed by atoms with Crippen molar-refractivity contribution in [3.8, 4) is 0 Å². The lowest BCUT2D eigenvalue weighted by Gasteiger charge is -2.35. The van der Waals surface area contributed by atoms with Crippen LogP contribution in [0.25, 0.3) is 0 Å². The van der Waals surface area contributed by atoms with Gasteiger partial charge in [-0.15, -0.1) is 0 Å². The van der Waals surface area contributed by atoms with Crippen LogP contribution >= 0.6 is 11.8 Å². The van der Waals surface area contributed by atoms with E-state index in [-0.39, 0.29) is 24.3 Å². The predicted molar refractivity (Wildman–Crippen MR) is 94.8 cm³/mol. The van der Waals surface area contributed by atoms with Gasteiger partial charge in [-0.1, -0.05) is 25.6 Å². The number of rotatable bonds is 6. The van der Waals surface area contributed by atoms with E-state index in [4.69, 9.17) is 0 Å². The molecule has 1 aromatic rings. The van der Waals surface area contributed by atoms with Crippen molar-refractivity contribution in [2.24, 2.45) is 5.92 Å². The molecule has 0 saturated carbocycles. The molecule has 0 aromatic heterocycles. The molecule has 1 saturated heterocycles. The number of hydrogen-bond donors (Lipinski definition) is 1. The molecule has 2 rings (SSSR count). The van der Waals surface area contributed by atoms with Crippen molar-refractivity contribution in [2.75, 3.05) is 38.0 Å². The van der Waals surface area contributed by atoms with E-state index in [1.807, 2.05) is 23.6 Å². The topological polar surface area (TPSA) is 52.7 Å². The van der Waals surface area contributed by atoms with Gasteiger partial charge in [0.2, 0.25) is 11.8 Å². The number of alkyl halides is 2. The molecular formula is C17H23F2N3O2S. The monoisotopic (exact) mass is 371 g/mol. The molecule has 0 unspecified atom stereocenters. The predicted octanol–water partition coefficient (Wildman–Crippen LogP) is 2.74. The third-order valence-electron chi connectivity index (χ3n) is 3.91. The number of halogens is 2. The van der Waals surface area contributed by atoms with E-state index in [9.17, 15) is 18.4 Å². The number of carbonyl (C=O) groups is 2. The first-order valence-electron chi connectivity index (χ1n) is 8.21.